The molecule has 0 fully saturated rings. The molecular weight excluding hydrogens is 180 g/mol. The normalized spacial score (nSPS) is 13.1. The van der Waals surface area contributed by atoms with Crippen LogP contribution in [0.15, 0.2) is 42.5 Å². The molecule has 0 unspecified atom stereocenters. The van der Waals surface area contributed by atoms with Gasteiger partial charge in [0.25, 0.3) is 0 Å². The molecule has 1 aliphatic carbocycles. The number of rotatable bonds is 2. The van der Waals surface area contributed by atoms with Gasteiger partial charge >= 0.3 is 0 Å². The molecule has 0 amide bonds. The van der Waals surface area contributed by atoms with Crippen LogP contribution in [0, 0.1) is 6.07 Å². The maximum atomic E-state index is 3.31. The molecule has 0 atom stereocenters. The van der Waals surface area contributed by atoms with Gasteiger partial charge in [-0.25, -0.2) is 0 Å². The third-order valence-corrected chi connectivity index (χ3v) is 3.16. The standard InChI is InChI=1S/C15H13/c1-2-5-12(6-3-1)11-14-8-4-7-13-9-10-15(13)14/h1-6,8H,9-11H2. The Balaban J connectivity index is 1.92. The monoisotopic (exact) mass is 193 g/mol. The van der Waals surface area contributed by atoms with Gasteiger partial charge in [-0.05, 0) is 47.6 Å². The zero-order valence-corrected chi connectivity index (χ0v) is 8.66. The van der Waals surface area contributed by atoms with Gasteiger partial charge in [-0.3, -0.25) is 0 Å². The third-order valence-electron chi connectivity index (χ3n) is 3.16. The first-order valence-electron chi connectivity index (χ1n) is 5.49. The Bertz CT molecular complexity index is 469. The molecule has 0 saturated heterocycles. The zero-order chi connectivity index (χ0) is 10.1. The molecule has 0 aliphatic heterocycles. The van der Waals surface area contributed by atoms with E-state index in [9.17, 15) is 0 Å². The third kappa shape index (κ3) is 1.56. The lowest BCUT2D eigenvalue weighted by atomic mass is 9.83. The van der Waals surface area contributed by atoms with E-state index < -0.39 is 0 Å². The molecule has 3 rings (SSSR count). The Hall–Kier alpha value is -1.56. The summed E-state index contributed by atoms with van der Waals surface area (Å²) in [6.45, 7) is 0. The molecular formula is C15H13. The molecule has 0 heteroatoms. The van der Waals surface area contributed by atoms with Crippen LogP contribution in [-0.2, 0) is 19.3 Å². The van der Waals surface area contributed by atoms with Gasteiger partial charge in [0.05, 0.1) is 0 Å². The topological polar surface area (TPSA) is 0 Å². The second-order valence-corrected chi connectivity index (χ2v) is 4.12. The van der Waals surface area contributed by atoms with Gasteiger partial charge in [0.15, 0.2) is 0 Å². The van der Waals surface area contributed by atoms with Gasteiger partial charge in [-0.1, -0.05) is 42.5 Å². The van der Waals surface area contributed by atoms with Gasteiger partial charge in [0, 0.05) is 0 Å². The summed E-state index contributed by atoms with van der Waals surface area (Å²) in [7, 11) is 0. The molecule has 73 valence electrons. The van der Waals surface area contributed by atoms with E-state index in [0.29, 0.717) is 0 Å². The highest BCUT2D eigenvalue weighted by Crippen LogP contribution is 2.27. The van der Waals surface area contributed by atoms with E-state index in [0.717, 1.165) is 6.42 Å². The molecule has 15 heavy (non-hydrogen) atoms. The van der Waals surface area contributed by atoms with Gasteiger partial charge in [0.1, 0.15) is 0 Å². The maximum Gasteiger partial charge on any atom is -0.00229 e. The molecule has 2 aromatic rings. The first-order valence-corrected chi connectivity index (χ1v) is 5.49. The van der Waals surface area contributed by atoms with E-state index in [1.807, 2.05) is 0 Å². The Morgan fingerprint density at radius 3 is 2.60 bits per heavy atom. The fourth-order valence-electron chi connectivity index (χ4n) is 2.21. The van der Waals surface area contributed by atoms with Crippen molar-refractivity contribution in [1.29, 1.82) is 0 Å². The fourth-order valence-corrected chi connectivity index (χ4v) is 2.21. The van der Waals surface area contributed by atoms with Gasteiger partial charge in [0.2, 0.25) is 0 Å². The molecule has 2 aromatic carbocycles. The summed E-state index contributed by atoms with van der Waals surface area (Å²) in [6, 6.07) is 18.3. The molecule has 0 bridgehead atoms. The van der Waals surface area contributed by atoms with Crippen LogP contribution in [0.1, 0.15) is 22.3 Å². The Kier molecular flexibility index (Phi) is 2.06. The number of hydrogen-bond donors (Lipinski definition) is 0. The Morgan fingerprint density at radius 2 is 1.87 bits per heavy atom. The van der Waals surface area contributed by atoms with Crippen molar-refractivity contribution in [3.63, 3.8) is 0 Å². The van der Waals surface area contributed by atoms with Crippen molar-refractivity contribution < 1.29 is 0 Å². The largest absolute Gasteiger partial charge is 0.0622 e. The summed E-state index contributed by atoms with van der Waals surface area (Å²) >= 11 is 0. The quantitative estimate of drug-likeness (QED) is 0.687. The molecule has 1 radical (unpaired) electrons. The van der Waals surface area contributed by atoms with Crippen LogP contribution in [0.4, 0.5) is 0 Å². The lowest BCUT2D eigenvalue weighted by Crippen LogP contribution is -2.12. The van der Waals surface area contributed by atoms with Gasteiger partial charge < -0.3 is 0 Å². The van der Waals surface area contributed by atoms with E-state index in [-0.39, 0.29) is 0 Å². The van der Waals surface area contributed by atoms with E-state index in [4.69, 9.17) is 0 Å². The van der Waals surface area contributed by atoms with Crippen LogP contribution in [0.2, 0.25) is 0 Å². The van der Waals surface area contributed by atoms with Crippen molar-refractivity contribution in [2.24, 2.45) is 0 Å². The van der Waals surface area contributed by atoms with Crippen LogP contribution in [0.3, 0.4) is 0 Å². The molecule has 0 saturated carbocycles. The minimum absolute atomic E-state index is 1.07. The summed E-state index contributed by atoms with van der Waals surface area (Å²) in [5.41, 5.74) is 5.86. The Morgan fingerprint density at radius 1 is 1.00 bits per heavy atom. The summed E-state index contributed by atoms with van der Waals surface area (Å²) in [6.07, 6.45) is 3.53. The van der Waals surface area contributed by atoms with Crippen LogP contribution in [0.25, 0.3) is 0 Å². The minimum Gasteiger partial charge on any atom is -0.0622 e. The van der Waals surface area contributed by atoms with E-state index in [1.54, 1.807) is 5.56 Å². The van der Waals surface area contributed by atoms with E-state index in [1.165, 1.54) is 29.5 Å². The number of hydrogen-bond acceptors (Lipinski definition) is 0. The highest BCUT2D eigenvalue weighted by Gasteiger charge is 2.16. The smallest absolute Gasteiger partial charge is 0.00229 e. The predicted molar refractivity (Wildman–Crippen MR) is 61.9 cm³/mol. The van der Waals surface area contributed by atoms with E-state index >= 15 is 0 Å². The lowest BCUT2D eigenvalue weighted by Gasteiger charge is -2.22. The predicted octanol–water partition coefficient (Wildman–Crippen LogP) is 3.18. The van der Waals surface area contributed by atoms with Crippen molar-refractivity contribution in [3.8, 4) is 0 Å². The SMILES string of the molecule is [c]1ccc(Cc2ccccc2)c2c1CC2. The summed E-state index contributed by atoms with van der Waals surface area (Å²) < 4.78 is 0. The number of fused-ring (bicyclic) bond motifs is 1. The molecule has 0 heterocycles. The van der Waals surface area contributed by atoms with Gasteiger partial charge in [-0.15, -0.1) is 0 Å². The summed E-state index contributed by atoms with van der Waals surface area (Å²) in [4.78, 5) is 0. The highest BCUT2D eigenvalue weighted by atomic mass is 14.2. The van der Waals surface area contributed by atoms with Crippen molar-refractivity contribution in [1.82, 2.24) is 0 Å². The first kappa shape index (κ1) is 8.72. The van der Waals surface area contributed by atoms with Crippen molar-refractivity contribution in [2.45, 2.75) is 19.3 Å². The zero-order valence-electron chi connectivity index (χ0n) is 8.66. The first-order chi connectivity index (χ1) is 7.43. The van der Waals surface area contributed by atoms with Crippen molar-refractivity contribution >= 4 is 0 Å². The second kappa shape index (κ2) is 3.54. The lowest BCUT2D eigenvalue weighted by molar-refractivity contribution is 0.816. The molecule has 0 spiro atoms. The van der Waals surface area contributed by atoms with Crippen LogP contribution >= 0.6 is 0 Å². The maximum absolute atomic E-state index is 3.31. The fraction of sp³-hybridized carbons (Fsp3) is 0.200. The van der Waals surface area contributed by atoms with E-state index in [2.05, 4.69) is 48.5 Å². The molecule has 1 aliphatic rings. The molecule has 0 aromatic heterocycles. The van der Waals surface area contributed by atoms with Gasteiger partial charge in [-0.2, -0.15) is 0 Å². The van der Waals surface area contributed by atoms with Crippen LogP contribution in [0.5, 0.6) is 0 Å². The molecule has 0 N–H and O–H groups in total. The molecule has 0 nitrogen and oxygen atoms in total. The van der Waals surface area contributed by atoms with Crippen molar-refractivity contribution in [3.05, 3.63) is 70.8 Å². The Labute approximate surface area is 90.6 Å². The van der Waals surface area contributed by atoms with Crippen LogP contribution in [-0.4, -0.2) is 0 Å². The number of aryl methyl sites for hydroxylation is 1. The highest BCUT2D eigenvalue weighted by molar-refractivity contribution is 5.43. The van der Waals surface area contributed by atoms with Crippen LogP contribution < -0.4 is 0 Å². The second-order valence-electron chi connectivity index (χ2n) is 4.12. The number of benzene rings is 2. The minimum atomic E-state index is 1.07. The average molecular weight is 193 g/mol. The average Bonchev–Trinajstić information content (AvgIpc) is 2.22. The summed E-state index contributed by atoms with van der Waals surface area (Å²) in [5, 5.41) is 0. The summed E-state index contributed by atoms with van der Waals surface area (Å²) in [5.74, 6) is 0. The van der Waals surface area contributed by atoms with Crippen molar-refractivity contribution in [2.75, 3.05) is 0 Å².